The molecule has 0 unspecified atom stereocenters. The zero-order chi connectivity index (χ0) is 26.6. The molecule has 0 radical (unpaired) electrons. The van der Waals surface area contributed by atoms with Crippen LogP contribution in [0.1, 0.15) is 49.8 Å². The molecule has 0 aliphatic rings. The summed E-state index contributed by atoms with van der Waals surface area (Å²) in [5, 5.41) is 3.69. The van der Waals surface area contributed by atoms with Crippen molar-refractivity contribution >= 4 is 23.4 Å². The maximum absolute atomic E-state index is 13.6. The van der Waals surface area contributed by atoms with Crippen LogP contribution in [0.3, 0.4) is 0 Å². The predicted molar refractivity (Wildman–Crippen MR) is 150 cm³/mol. The third-order valence-corrected chi connectivity index (χ3v) is 6.57. The molecule has 37 heavy (non-hydrogen) atoms. The van der Waals surface area contributed by atoms with E-state index in [-0.39, 0.29) is 24.3 Å². The Hall–Kier alpha value is -3.31. The molecule has 0 aromatic heterocycles. The van der Waals surface area contributed by atoms with Crippen LogP contribution in [0.5, 0.6) is 5.75 Å². The second-order valence-corrected chi connectivity index (χ2v) is 9.88. The number of aryl methyl sites for hydroxylation is 1. The quantitative estimate of drug-likeness (QED) is 0.267. The highest BCUT2D eigenvalue weighted by Gasteiger charge is 2.30. The number of nitrogens with zero attached hydrogens (tertiary/aromatic N) is 1. The number of nitrogens with one attached hydrogen (secondary N) is 1. The lowest BCUT2D eigenvalue weighted by molar-refractivity contribution is -0.141. The van der Waals surface area contributed by atoms with Gasteiger partial charge in [-0.25, -0.2) is 0 Å². The van der Waals surface area contributed by atoms with Crippen molar-refractivity contribution in [1.82, 2.24) is 10.2 Å². The Balaban J connectivity index is 1.79. The smallest absolute Gasteiger partial charge is 0.243 e. The number of hydrogen-bond donors (Lipinski definition) is 1. The van der Waals surface area contributed by atoms with Crippen molar-refractivity contribution < 1.29 is 14.3 Å². The van der Waals surface area contributed by atoms with Crippen molar-refractivity contribution in [2.75, 3.05) is 6.61 Å². The van der Waals surface area contributed by atoms with Crippen LogP contribution in [0.4, 0.5) is 0 Å². The molecule has 3 aromatic rings. The fourth-order valence-electron chi connectivity index (χ4n) is 4.02. The van der Waals surface area contributed by atoms with Gasteiger partial charge in [0.25, 0.3) is 0 Å². The predicted octanol–water partition coefficient (Wildman–Crippen LogP) is 6.36. The van der Waals surface area contributed by atoms with Crippen molar-refractivity contribution in [3.05, 3.63) is 101 Å². The van der Waals surface area contributed by atoms with Gasteiger partial charge in [-0.3, -0.25) is 9.59 Å². The molecule has 0 aliphatic carbocycles. The van der Waals surface area contributed by atoms with Crippen molar-refractivity contribution in [1.29, 1.82) is 0 Å². The number of rotatable bonds is 13. The first-order valence-electron chi connectivity index (χ1n) is 12.9. The van der Waals surface area contributed by atoms with Crippen LogP contribution >= 0.6 is 11.6 Å². The Morgan fingerprint density at radius 1 is 0.973 bits per heavy atom. The van der Waals surface area contributed by atoms with Gasteiger partial charge in [0.2, 0.25) is 11.8 Å². The minimum Gasteiger partial charge on any atom is -0.494 e. The number of hydrogen-bond acceptors (Lipinski definition) is 3. The monoisotopic (exact) mass is 520 g/mol. The number of carbonyl (C=O) groups is 2. The van der Waals surface area contributed by atoms with Gasteiger partial charge in [0.15, 0.2) is 0 Å². The van der Waals surface area contributed by atoms with Gasteiger partial charge in [-0.15, -0.1) is 0 Å². The molecule has 2 atom stereocenters. The van der Waals surface area contributed by atoms with Crippen molar-refractivity contribution in [2.24, 2.45) is 0 Å². The topological polar surface area (TPSA) is 58.6 Å². The molecule has 3 rings (SSSR count). The van der Waals surface area contributed by atoms with E-state index in [1.165, 1.54) is 5.56 Å². The molecule has 0 saturated carbocycles. The average Bonchev–Trinajstić information content (AvgIpc) is 2.90. The number of benzene rings is 3. The third kappa shape index (κ3) is 9.25. The van der Waals surface area contributed by atoms with E-state index >= 15 is 0 Å². The lowest BCUT2D eigenvalue weighted by Gasteiger charge is -2.32. The van der Waals surface area contributed by atoms with E-state index in [0.717, 1.165) is 23.3 Å². The SMILES string of the molecule is CC[C@H](C)NC(=O)[C@H](Cc1ccccc1)N(Cc1cccc(Cl)c1)C(=O)CCCOc1ccc(C)cc1. The van der Waals surface area contributed by atoms with Crippen LogP contribution in [0.25, 0.3) is 0 Å². The summed E-state index contributed by atoms with van der Waals surface area (Å²) in [5.74, 6) is 0.543. The van der Waals surface area contributed by atoms with E-state index in [9.17, 15) is 9.59 Å². The summed E-state index contributed by atoms with van der Waals surface area (Å²) >= 11 is 6.24. The highest BCUT2D eigenvalue weighted by molar-refractivity contribution is 6.30. The number of halogens is 1. The zero-order valence-electron chi connectivity index (χ0n) is 22.0. The van der Waals surface area contributed by atoms with Crippen molar-refractivity contribution in [3.8, 4) is 5.75 Å². The fraction of sp³-hybridized carbons (Fsp3) is 0.355. The Kier molecular flexibility index (Phi) is 11.0. The highest BCUT2D eigenvalue weighted by atomic mass is 35.5. The number of amides is 2. The average molecular weight is 521 g/mol. The molecule has 2 amide bonds. The first-order chi connectivity index (χ1) is 17.9. The Labute approximate surface area is 225 Å². The summed E-state index contributed by atoms with van der Waals surface area (Å²) < 4.78 is 5.83. The Morgan fingerprint density at radius 2 is 1.68 bits per heavy atom. The third-order valence-electron chi connectivity index (χ3n) is 6.34. The second-order valence-electron chi connectivity index (χ2n) is 9.44. The summed E-state index contributed by atoms with van der Waals surface area (Å²) in [7, 11) is 0. The van der Waals surface area contributed by atoms with Crippen LogP contribution < -0.4 is 10.1 Å². The van der Waals surface area contributed by atoms with Crippen molar-refractivity contribution in [2.45, 2.75) is 65.1 Å². The summed E-state index contributed by atoms with van der Waals surface area (Å²) in [5.41, 5.74) is 3.05. The summed E-state index contributed by atoms with van der Waals surface area (Å²) in [6.07, 6.45) is 2.05. The summed E-state index contributed by atoms with van der Waals surface area (Å²) in [6.45, 7) is 6.75. The van der Waals surface area contributed by atoms with Gasteiger partial charge in [0, 0.05) is 30.5 Å². The number of carbonyl (C=O) groups excluding carboxylic acids is 2. The van der Waals surface area contributed by atoms with Crippen molar-refractivity contribution in [3.63, 3.8) is 0 Å². The fourth-order valence-corrected chi connectivity index (χ4v) is 4.23. The minimum absolute atomic E-state index is 0.0109. The normalized spacial score (nSPS) is 12.4. The van der Waals surface area contributed by atoms with Crippen LogP contribution in [-0.4, -0.2) is 35.4 Å². The molecule has 1 N–H and O–H groups in total. The van der Waals surface area contributed by atoms with E-state index in [1.807, 2.05) is 93.6 Å². The van der Waals surface area contributed by atoms with Crippen LogP contribution in [0.2, 0.25) is 5.02 Å². The summed E-state index contributed by atoms with van der Waals surface area (Å²) in [6, 6.07) is 24.5. The molecule has 5 nitrogen and oxygen atoms in total. The van der Waals surface area contributed by atoms with Gasteiger partial charge in [-0.1, -0.05) is 78.7 Å². The molecule has 0 bridgehead atoms. The molecule has 196 valence electrons. The zero-order valence-corrected chi connectivity index (χ0v) is 22.7. The Bertz CT molecular complexity index is 1130. The maximum Gasteiger partial charge on any atom is 0.243 e. The van der Waals surface area contributed by atoms with Gasteiger partial charge < -0.3 is 15.0 Å². The van der Waals surface area contributed by atoms with Gasteiger partial charge in [-0.2, -0.15) is 0 Å². The van der Waals surface area contributed by atoms with E-state index in [0.29, 0.717) is 31.0 Å². The van der Waals surface area contributed by atoms with E-state index in [1.54, 1.807) is 11.0 Å². The molecule has 0 saturated heterocycles. The minimum atomic E-state index is -0.652. The Morgan fingerprint density at radius 3 is 2.35 bits per heavy atom. The van der Waals surface area contributed by atoms with Crippen LogP contribution in [0.15, 0.2) is 78.9 Å². The van der Waals surface area contributed by atoms with E-state index in [2.05, 4.69) is 5.32 Å². The molecule has 6 heteroatoms. The highest BCUT2D eigenvalue weighted by Crippen LogP contribution is 2.19. The second kappa shape index (κ2) is 14.4. The number of ether oxygens (including phenoxy) is 1. The van der Waals surface area contributed by atoms with E-state index < -0.39 is 6.04 Å². The lowest BCUT2D eigenvalue weighted by Crippen LogP contribution is -2.52. The van der Waals surface area contributed by atoms with Crippen LogP contribution in [-0.2, 0) is 22.6 Å². The molecule has 0 spiro atoms. The van der Waals surface area contributed by atoms with Gasteiger partial charge in [0.05, 0.1) is 6.61 Å². The van der Waals surface area contributed by atoms with Gasteiger partial charge in [-0.05, 0) is 62.1 Å². The lowest BCUT2D eigenvalue weighted by atomic mass is 10.0. The molecule has 0 fully saturated rings. The molecular weight excluding hydrogens is 484 g/mol. The largest absolute Gasteiger partial charge is 0.494 e. The molecule has 0 aliphatic heterocycles. The molecule has 3 aromatic carbocycles. The standard InChI is InChI=1S/C31H37ClN2O3/c1-4-24(3)33-31(36)29(21-25-10-6-5-7-11-25)34(22-26-12-8-13-27(32)20-26)30(35)14-9-19-37-28-17-15-23(2)16-18-28/h5-8,10-13,15-18,20,24,29H,4,9,14,19,21-22H2,1-3H3,(H,33,36)/t24-,29-/m0/s1. The summed E-state index contributed by atoms with van der Waals surface area (Å²) in [4.78, 5) is 28.8. The molecular formula is C31H37ClN2O3. The van der Waals surface area contributed by atoms with Gasteiger partial charge >= 0.3 is 0 Å². The van der Waals surface area contributed by atoms with E-state index in [4.69, 9.17) is 16.3 Å². The van der Waals surface area contributed by atoms with Gasteiger partial charge in [0.1, 0.15) is 11.8 Å². The molecule has 0 heterocycles. The van der Waals surface area contributed by atoms with Crippen LogP contribution in [0, 0.1) is 6.92 Å². The first-order valence-corrected chi connectivity index (χ1v) is 13.3. The first kappa shape index (κ1) is 28.3. The maximum atomic E-state index is 13.6.